The molecule has 3 fully saturated rings. The quantitative estimate of drug-likeness (QED) is 0.402. The van der Waals surface area contributed by atoms with Crippen molar-refractivity contribution in [1.82, 2.24) is 10.2 Å². The van der Waals surface area contributed by atoms with Gasteiger partial charge in [0.2, 0.25) is 0 Å². The van der Waals surface area contributed by atoms with E-state index < -0.39 is 0 Å². The van der Waals surface area contributed by atoms with E-state index in [1.54, 1.807) is 0 Å². The van der Waals surface area contributed by atoms with Crippen LogP contribution in [-0.4, -0.2) is 75.0 Å². The van der Waals surface area contributed by atoms with Gasteiger partial charge in [0, 0.05) is 56.7 Å². The van der Waals surface area contributed by atoms with Crippen LogP contribution in [0.2, 0.25) is 0 Å². The second-order valence-corrected chi connectivity index (χ2v) is 8.15. The highest BCUT2D eigenvalue weighted by Crippen LogP contribution is 2.38. The molecule has 134 valence electrons. The fourth-order valence-corrected chi connectivity index (χ4v) is 4.65. The van der Waals surface area contributed by atoms with Gasteiger partial charge in [-0.2, -0.15) is 11.8 Å². The zero-order valence-corrected chi connectivity index (χ0v) is 17.5. The maximum atomic E-state index is 5.63. The van der Waals surface area contributed by atoms with Crippen LogP contribution in [0.1, 0.15) is 25.7 Å². The number of rotatable bonds is 3. The molecular formula is C16H30IN3O2S. The fourth-order valence-electron chi connectivity index (χ4n) is 3.86. The van der Waals surface area contributed by atoms with Gasteiger partial charge in [0.1, 0.15) is 0 Å². The molecule has 1 unspecified atom stereocenters. The molecule has 0 aliphatic carbocycles. The summed E-state index contributed by atoms with van der Waals surface area (Å²) in [4.78, 5) is 6.94. The van der Waals surface area contributed by atoms with E-state index >= 15 is 0 Å². The highest BCUT2D eigenvalue weighted by atomic mass is 127. The summed E-state index contributed by atoms with van der Waals surface area (Å²) in [5.74, 6) is 1.06. The summed E-state index contributed by atoms with van der Waals surface area (Å²) in [6.45, 7) is 6.77. The first-order valence-corrected chi connectivity index (χ1v) is 9.60. The molecule has 3 rings (SSSR count). The van der Waals surface area contributed by atoms with Crippen molar-refractivity contribution in [2.24, 2.45) is 10.4 Å². The summed E-state index contributed by atoms with van der Waals surface area (Å²) in [7, 11) is 1.90. The van der Waals surface area contributed by atoms with Gasteiger partial charge in [0.25, 0.3) is 0 Å². The van der Waals surface area contributed by atoms with Crippen LogP contribution in [0, 0.1) is 5.41 Å². The van der Waals surface area contributed by atoms with Crippen molar-refractivity contribution in [2.75, 3.05) is 59.4 Å². The fraction of sp³-hybridized carbons (Fsp3) is 0.938. The maximum absolute atomic E-state index is 5.63. The van der Waals surface area contributed by atoms with Gasteiger partial charge in [-0.25, -0.2) is 0 Å². The molecule has 0 aromatic heterocycles. The zero-order valence-electron chi connectivity index (χ0n) is 14.3. The van der Waals surface area contributed by atoms with E-state index in [1.807, 2.05) is 18.8 Å². The molecule has 0 aromatic rings. The van der Waals surface area contributed by atoms with Gasteiger partial charge < -0.3 is 19.7 Å². The van der Waals surface area contributed by atoms with Gasteiger partial charge in [-0.05, 0) is 31.9 Å². The highest BCUT2D eigenvalue weighted by Gasteiger charge is 2.42. The summed E-state index contributed by atoms with van der Waals surface area (Å²) in [5, 5.41) is 3.64. The average molecular weight is 455 g/mol. The van der Waals surface area contributed by atoms with Crippen LogP contribution in [0.25, 0.3) is 0 Å². The molecule has 0 amide bonds. The minimum atomic E-state index is 0. The van der Waals surface area contributed by atoms with E-state index in [4.69, 9.17) is 9.47 Å². The third-order valence-corrected chi connectivity index (χ3v) is 6.96. The number of nitrogens with one attached hydrogen (secondary N) is 1. The predicted octanol–water partition coefficient (Wildman–Crippen LogP) is 2.20. The van der Waals surface area contributed by atoms with E-state index in [-0.39, 0.29) is 24.0 Å². The Hall–Kier alpha value is 0.270. The first-order valence-electron chi connectivity index (χ1n) is 8.37. The lowest BCUT2D eigenvalue weighted by atomic mass is 9.87. The van der Waals surface area contributed by atoms with Crippen molar-refractivity contribution in [3.8, 4) is 0 Å². The summed E-state index contributed by atoms with van der Waals surface area (Å²) in [6, 6.07) is 0. The lowest BCUT2D eigenvalue weighted by molar-refractivity contribution is 0.0781. The Morgan fingerprint density at radius 2 is 1.91 bits per heavy atom. The number of hydrogen-bond acceptors (Lipinski definition) is 4. The summed E-state index contributed by atoms with van der Waals surface area (Å²) < 4.78 is 11.4. The van der Waals surface area contributed by atoms with Gasteiger partial charge in [-0.15, -0.1) is 24.0 Å². The number of guanidine groups is 1. The number of halogens is 1. The van der Waals surface area contributed by atoms with E-state index in [1.165, 1.54) is 12.8 Å². The van der Waals surface area contributed by atoms with E-state index in [0.717, 1.165) is 64.9 Å². The van der Waals surface area contributed by atoms with Crippen molar-refractivity contribution in [2.45, 2.75) is 30.4 Å². The van der Waals surface area contributed by atoms with Crippen molar-refractivity contribution < 1.29 is 9.47 Å². The van der Waals surface area contributed by atoms with E-state index in [9.17, 15) is 0 Å². The molecule has 1 atom stereocenters. The van der Waals surface area contributed by atoms with Gasteiger partial charge >= 0.3 is 0 Å². The van der Waals surface area contributed by atoms with Crippen LogP contribution in [0.5, 0.6) is 0 Å². The topological polar surface area (TPSA) is 46.1 Å². The molecule has 5 nitrogen and oxygen atoms in total. The molecule has 0 bridgehead atoms. The third kappa shape index (κ3) is 4.46. The number of thioether (sulfide) groups is 1. The number of nitrogens with zero attached hydrogens (tertiary/aromatic N) is 2. The van der Waals surface area contributed by atoms with Gasteiger partial charge in [0.15, 0.2) is 5.96 Å². The lowest BCUT2D eigenvalue weighted by Gasteiger charge is -2.37. The molecule has 0 aromatic carbocycles. The van der Waals surface area contributed by atoms with Gasteiger partial charge in [-0.3, -0.25) is 4.99 Å². The number of likely N-dealkylation sites (tertiary alicyclic amines) is 1. The summed E-state index contributed by atoms with van der Waals surface area (Å²) in [6.07, 6.45) is 6.89. The molecule has 3 aliphatic rings. The van der Waals surface area contributed by atoms with Crippen LogP contribution in [0.4, 0.5) is 0 Å². The Balaban J connectivity index is 0.00000192. The van der Waals surface area contributed by atoms with E-state index in [0.29, 0.717) is 10.2 Å². The molecule has 3 heterocycles. The van der Waals surface area contributed by atoms with Crippen molar-refractivity contribution in [3.05, 3.63) is 0 Å². The summed E-state index contributed by atoms with van der Waals surface area (Å²) in [5.41, 5.74) is 0.382. The highest BCUT2D eigenvalue weighted by molar-refractivity contribution is 14.0. The number of hydrogen-bond donors (Lipinski definition) is 1. The normalized spacial score (nSPS) is 30.5. The molecule has 23 heavy (non-hydrogen) atoms. The lowest BCUT2D eigenvalue weighted by Crippen LogP contribution is -2.49. The van der Waals surface area contributed by atoms with Crippen LogP contribution >= 0.6 is 35.7 Å². The van der Waals surface area contributed by atoms with Crippen molar-refractivity contribution >= 4 is 41.7 Å². The van der Waals surface area contributed by atoms with Crippen LogP contribution in [0.15, 0.2) is 4.99 Å². The zero-order chi connectivity index (χ0) is 15.5. The Morgan fingerprint density at radius 3 is 2.52 bits per heavy atom. The maximum Gasteiger partial charge on any atom is 0.193 e. The Morgan fingerprint density at radius 1 is 1.17 bits per heavy atom. The molecule has 7 heteroatoms. The number of aliphatic imine (C=N–C) groups is 1. The molecule has 0 saturated carbocycles. The Kier molecular flexibility index (Phi) is 7.31. The molecule has 3 aliphatic heterocycles. The molecule has 1 N–H and O–H groups in total. The Labute approximate surface area is 161 Å². The second-order valence-electron chi connectivity index (χ2n) is 6.87. The molecule has 0 radical (unpaired) electrons. The van der Waals surface area contributed by atoms with Gasteiger partial charge in [-0.1, -0.05) is 0 Å². The standard InChI is InChI=1S/C16H29N3O2S.HI/c1-17-14(18-11-16(22-2)5-9-20-10-6-16)19-7-3-15(12-19)4-8-21-13-15;/h3-13H2,1-2H3,(H,17,18);1H. The predicted molar refractivity (Wildman–Crippen MR) is 107 cm³/mol. The number of ether oxygens (including phenoxy) is 2. The third-order valence-electron chi connectivity index (χ3n) is 5.54. The van der Waals surface area contributed by atoms with E-state index in [2.05, 4.69) is 21.5 Å². The first-order chi connectivity index (χ1) is 10.7. The summed E-state index contributed by atoms with van der Waals surface area (Å²) >= 11 is 1.97. The van der Waals surface area contributed by atoms with Crippen LogP contribution in [-0.2, 0) is 9.47 Å². The van der Waals surface area contributed by atoms with Crippen molar-refractivity contribution in [3.63, 3.8) is 0 Å². The molecule has 1 spiro atoms. The molecular weight excluding hydrogens is 425 g/mol. The smallest absolute Gasteiger partial charge is 0.193 e. The van der Waals surface area contributed by atoms with Crippen molar-refractivity contribution in [1.29, 1.82) is 0 Å². The Bertz CT molecular complexity index is 410. The van der Waals surface area contributed by atoms with Crippen LogP contribution < -0.4 is 5.32 Å². The second kappa shape index (κ2) is 8.58. The SMILES string of the molecule is CN=C(NCC1(SC)CCOCC1)N1CCC2(CCOC2)C1.I. The van der Waals surface area contributed by atoms with Crippen LogP contribution in [0.3, 0.4) is 0 Å². The van der Waals surface area contributed by atoms with Gasteiger partial charge in [0.05, 0.1) is 6.61 Å². The minimum absolute atomic E-state index is 0. The average Bonchev–Trinajstić information content (AvgIpc) is 3.20. The first kappa shape index (κ1) is 19.6. The monoisotopic (exact) mass is 455 g/mol. The molecule has 3 saturated heterocycles. The largest absolute Gasteiger partial charge is 0.381 e. The minimum Gasteiger partial charge on any atom is -0.381 e.